The zero-order valence-electron chi connectivity index (χ0n) is 27.8. The number of pyridine rings is 1. The highest BCUT2D eigenvalue weighted by atomic mass is 35.5. The van der Waals surface area contributed by atoms with E-state index in [2.05, 4.69) is 61.6 Å². The minimum atomic E-state index is -0.230. The van der Waals surface area contributed by atoms with Gasteiger partial charge in [0.2, 0.25) is 17.7 Å². The Labute approximate surface area is 292 Å². The van der Waals surface area contributed by atoms with Crippen molar-refractivity contribution in [1.82, 2.24) is 25.1 Å². The van der Waals surface area contributed by atoms with E-state index in [0.717, 1.165) is 90.4 Å². The molecule has 9 nitrogen and oxygen atoms in total. The monoisotopic (exact) mass is 678 g/mol. The molecular formula is C39H43ClN6O3. The number of aromatic nitrogens is 2. The molecule has 2 aromatic heterocycles. The van der Waals surface area contributed by atoms with E-state index in [-0.39, 0.29) is 23.6 Å². The number of aromatic amines is 1. The van der Waals surface area contributed by atoms with Gasteiger partial charge in [-0.05, 0) is 111 Å². The quantitative estimate of drug-likeness (QED) is 0.205. The number of H-pyrrole nitrogens is 1. The summed E-state index contributed by atoms with van der Waals surface area (Å²) in [5, 5.41) is 4.22. The second-order valence-corrected chi connectivity index (χ2v) is 14.6. The van der Waals surface area contributed by atoms with Crippen LogP contribution in [0, 0.1) is 0 Å². The number of halogens is 1. The highest BCUT2D eigenvalue weighted by Crippen LogP contribution is 2.46. The van der Waals surface area contributed by atoms with Crippen molar-refractivity contribution in [2.75, 3.05) is 50.7 Å². The van der Waals surface area contributed by atoms with Crippen molar-refractivity contribution in [3.63, 3.8) is 0 Å². The van der Waals surface area contributed by atoms with Crippen LogP contribution in [0.4, 0.5) is 5.69 Å². The van der Waals surface area contributed by atoms with E-state index >= 15 is 0 Å². The number of nitrogens with one attached hydrogen (secondary N) is 2. The summed E-state index contributed by atoms with van der Waals surface area (Å²) in [7, 11) is 0. The van der Waals surface area contributed by atoms with Crippen LogP contribution in [0.5, 0.6) is 0 Å². The molecule has 0 bridgehead atoms. The number of piperidine rings is 2. The molecule has 5 heterocycles. The van der Waals surface area contributed by atoms with Gasteiger partial charge >= 0.3 is 0 Å². The average Bonchev–Trinajstić information content (AvgIpc) is 3.87. The topological polar surface area (TPSA) is 102 Å². The lowest BCUT2D eigenvalue weighted by Gasteiger charge is -2.36. The Hall–Kier alpha value is -4.05. The normalized spacial score (nSPS) is 21.4. The number of hydrogen-bond acceptors (Lipinski definition) is 6. The molecule has 1 saturated carbocycles. The van der Waals surface area contributed by atoms with Crippen LogP contribution < -0.4 is 10.2 Å². The van der Waals surface area contributed by atoms with Gasteiger partial charge < -0.3 is 14.8 Å². The Bertz CT molecular complexity index is 1880. The fourth-order valence-corrected chi connectivity index (χ4v) is 8.40. The molecule has 1 aliphatic carbocycles. The number of carbonyl (C=O) groups excluding carboxylic acids is 3. The molecule has 10 heteroatoms. The minimum Gasteiger partial charge on any atom is -0.346 e. The minimum absolute atomic E-state index is 0.133. The van der Waals surface area contributed by atoms with E-state index in [1.165, 1.54) is 24.0 Å². The van der Waals surface area contributed by atoms with Gasteiger partial charge in [-0.15, -0.1) is 0 Å². The van der Waals surface area contributed by atoms with Gasteiger partial charge in [0.05, 0.1) is 17.5 Å². The summed E-state index contributed by atoms with van der Waals surface area (Å²) < 4.78 is 0. The van der Waals surface area contributed by atoms with Crippen LogP contribution in [0.2, 0.25) is 5.02 Å². The van der Waals surface area contributed by atoms with Crippen molar-refractivity contribution >= 4 is 46.0 Å². The van der Waals surface area contributed by atoms with Crippen molar-refractivity contribution in [2.45, 2.75) is 62.7 Å². The Balaban J connectivity index is 0.805. The number of likely N-dealkylation sites (tertiary alicyclic amines) is 1. The van der Waals surface area contributed by atoms with E-state index in [1.54, 1.807) is 0 Å². The standard InChI is InChI=1S/C39H43ClN6O3/c40-37-33(23-42-38-36(37)32(22-41-38)28-9-10-28)29-3-1-4-30(21-29)46-20-19-45(24-35(46)48)16-2-15-44-17-13-26(14-18-44)25-5-7-27(8-6-25)31-11-12-34(47)43-39(31)49/h1,3-8,21-23,26,28,31H,2,9-20,24H2,(H,41,42)(H,43,47,49). The van der Waals surface area contributed by atoms with Gasteiger partial charge in [0.1, 0.15) is 5.65 Å². The maximum absolute atomic E-state index is 13.4. The summed E-state index contributed by atoms with van der Waals surface area (Å²) >= 11 is 6.99. The molecule has 4 aromatic rings. The molecule has 3 aliphatic heterocycles. The molecule has 2 aromatic carbocycles. The molecule has 0 spiro atoms. The maximum atomic E-state index is 13.4. The average molecular weight is 679 g/mol. The first kappa shape index (κ1) is 32.2. The summed E-state index contributed by atoms with van der Waals surface area (Å²) in [5.74, 6) is 0.648. The van der Waals surface area contributed by atoms with E-state index < -0.39 is 0 Å². The van der Waals surface area contributed by atoms with Crippen molar-refractivity contribution < 1.29 is 14.4 Å². The van der Waals surface area contributed by atoms with Crippen LogP contribution in [0.15, 0.2) is 60.9 Å². The first-order chi connectivity index (χ1) is 23.9. The Morgan fingerprint density at radius 1 is 0.837 bits per heavy atom. The van der Waals surface area contributed by atoms with Crippen LogP contribution in [-0.4, -0.2) is 83.3 Å². The number of piperazine rings is 1. The number of fused-ring (bicyclic) bond motifs is 1. The summed E-state index contributed by atoms with van der Waals surface area (Å²) in [6.45, 7) is 6.06. The Kier molecular flexibility index (Phi) is 8.99. The lowest BCUT2D eigenvalue weighted by Crippen LogP contribution is -2.51. The molecule has 0 radical (unpaired) electrons. The number of nitrogens with zero attached hydrogens (tertiary/aromatic N) is 4. The zero-order valence-corrected chi connectivity index (χ0v) is 28.6. The summed E-state index contributed by atoms with van der Waals surface area (Å²) in [6, 6.07) is 16.6. The van der Waals surface area contributed by atoms with Gasteiger partial charge in [-0.1, -0.05) is 48.0 Å². The number of anilines is 1. The molecule has 1 atom stereocenters. The van der Waals surface area contributed by atoms with Gasteiger partial charge in [-0.2, -0.15) is 0 Å². The van der Waals surface area contributed by atoms with Gasteiger partial charge in [-0.25, -0.2) is 4.98 Å². The van der Waals surface area contributed by atoms with Gasteiger partial charge in [-0.3, -0.25) is 24.6 Å². The van der Waals surface area contributed by atoms with Crippen LogP contribution in [0.1, 0.15) is 79.4 Å². The molecule has 49 heavy (non-hydrogen) atoms. The van der Waals surface area contributed by atoms with Crippen molar-refractivity contribution in [1.29, 1.82) is 0 Å². The van der Waals surface area contributed by atoms with Gasteiger partial charge in [0.25, 0.3) is 0 Å². The van der Waals surface area contributed by atoms with Gasteiger partial charge in [0.15, 0.2) is 0 Å². The van der Waals surface area contributed by atoms with Crippen molar-refractivity contribution in [2.24, 2.45) is 0 Å². The van der Waals surface area contributed by atoms with Crippen LogP contribution >= 0.6 is 11.6 Å². The van der Waals surface area contributed by atoms with Crippen LogP contribution in [0.3, 0.4) is 0 Å². The molecule has 4 fully saturated rings. The van der Waals surface area contributed by atoms with Crippen LogP contribution in [0.25, 0.3) is 22.2 Å². The van der Waals surface area contributed by atoms with E-state index in [9.17, 15) is 14.4 Å². The molecule has 4 aliphatic rings. The van der Waals surface area contributed by atoms with E-state index in [0.29, 0.717) is 37.8 Å². The van der Waals surface area contributed by atoms with E-state index in [1.807, 2.05) is 29.3 Å². The van der Waals surface area contributed by atoms with Crippen molar-refractivity contribution in [3.8, 4) is 11.1 Å². The molecule has 8 rings (SSSR count). The first-order valence-corrected chi connectivity index (χ1v) is 18.2. The lowest BCUT2D eigenvalue weighted by atomic mass is 9.86. The highest BCUT2D eigenvalue weighted by molar-refractivity contribution is 6.38. The second kappa shape index (κ2) is 13.7. The van der Waals surface area contributed by atoms with Gasteiger partial charge in [0, 0.05) is 48.5 Å². The third-order valence-electron chi connectivity index (χ3n) is 11.0. The lowest BCUT2D eigenvalue weighted by molar-refractivity contribution is -0.134. The third kappa shape index (κ3) is 6.76. The molecule has 3 saturated heterocycles. The first-order valence-electron chi connectivity index (χ1n) is 17.9. The molecule has 3 amide bonds. The number of benzene rings is 2. The van der Waals surface area contributed by atoms with Crippen LogP contribution in [-0.2, 0) is 14.4 Å². The van der Waals surface area contributed by atoms with Crippen molar-refractivity contribution in [3.05, 3.63) is 82.6 Å². The predicted molar refractivity (Wildman–Crippen MR) is 192 cm³/mol. The predicted octanol–water partition coefficient (Wildman–Crippen LogP) is 6.20. The number of carbonyl (C=O) groups is 3. The highest BCUT2D eigenvalue weighted by Gasteiger charge is 2.30. The number of amides is 3. The number of rotatable bonds is 9. The fraction of sp³-hybridized carbons (Fsp3) is 0.436. The zero-order chi connectivity index (χ0) is 33.5. The fourth-order valence-electron chi connectivity index (χ4n) is 8.04. The summed E-state index contributed by atoms with van der Waals surface area (Å²) in [5.41, 5.74) is 7.20. The van der Waals surface area contributed by atoms with E-state index in [4.69, 9.17) is 11.6 Å². The maximum Gasteiger partial charge on any atom is 0.241 e. The molecular weight excluding hydrogens is 636 g/mol. The second-order valence-electron chi connectivity index (χ2n) is 14.2. The largest absolute Gasteiger partial charge is 0.346 e. The Morgan fingerprint density at radius 3 is 2.37 bits per heavy atom. The number of hydrogen-bond donors (Lipinski definition) is 2. The Morgan fingerprint density at radius 2 is 1.61 bits per heavy atom. The summed E-state index contributed by atoms with van der Waals surface area (Å²) in [6.07, 6.45) is 10.6. The SMILES string of the molecule is O=C1CCC(c2ccc(C3CCN(CCCN4CCN(c5cccc(-c6cnc7[nH]cc(C8CC8)c7c6Cl)c5)C(=O)C4)CC3)cc2)C(=O)N1. The molecule has 254 valence electrons. The summed E-state index contributed by atoms with van der Waals surface area (Å²) in [4.78, 5) is 51.8. The number of imide groups is 1. The molecule has 1 unspecified atom stereocenters. The third-order valence-corrected chi connectivity index (χ3v) is 11.4. The smallest absolute Gasteiger partial charge is 0.241 e. The molecule has 2 N–H and O–H groups in total.